The van der Waals surface area contributed by atoms with Gasteiger partial charge in [0.2, 0.25) is 5.88 Å². The highest BCUT2D eigenvalue weighted by Gasteiger charge is 2.09. The molecule has 0 amide bonds. The number of aromatic nitrogens is 1. The van der Waals surface area contributed by atoms with Gasteiger partial charge in [-0.05, 0) is 30.2 Å². The molecule has 0 aliphatic rings. The van der Waals surface area contributed by atoms with Crippen molar-refractivity contribution in [2.45, 2.75) is 6.42 Å². The maximum Gasteiger partial charge on any atom is 0.335 e. The first kappa shape index (κ1) is 14.3. The Morgan fingerprint density at radius 2 is 1.95 bits per heavy atom. The number of ether oxygens (including phenoxy) is 1. The molecule has 2 aromatic rings. The predicted molar refractivity (Wildman–Crippen MR) is 73.5 cm³/mol. The van der Waals surface area contributed by atoms with Crippen molar-refractivity contribution in [2.75, 3.05) is 6.61 Å². The van der Waals surface area contributed by atoms with Crippen LogP contribution in [0, 0.1) is 0 Å². The van der Waals surface area contributed by atoms with E-state index in [4.69, 9.17) is 26.6 Å². The highest BCUT2D eigenvalue weighted by Crippen LogP contribution is 2.23. The van der Waals surface area contributed by atoms with E-state index in [1.54, 1.807) is 12.1 Å². The molecule has 0 radical (unpaired) electrons. The second-order valence-electron chi connectivity index (χ2n) is 4.04. The van der Waals surface area contributed by atoms with Gasteiger partial charge in [0, 0.05) is 12.7 Å². The molecule has 0 atom stereocenters. The van der Waals surface area contributed by atoms with Crippen LogP contribution in [0.25, 0.3) is 0 Å². The maximum absolute atomic E-state index is 10.9. The molecule has 0 bridgehead atoms. The number of rotatable bonds is 5. The van der Waals surface area contributed by atoms with E-state index in [-0.39, 0.29) is 23.2 Å². The summed E-state index contributed by atoms with van der Waals surface area (Å²) in [5.74, 6) is -0.472. The summed E-state index contributed by atoms with van der Waals surface area (Å²) in [6, 6.07) is 9.61. The Hall–Kier alpha value is -2.11. The van der Waals surface area contributed by atoms with Crippen LogP contribution in [0.1, 0.15) is 15.9 Å². The van der Waals surface area contributed by atoms with Crippen molar-refractivity contribution >= 4 is 17.6 Å². The van der Waals surface area contributed by atoms with Gasteiger partial charge in [0.25, 0.3) is 0 Å². The molecule has 20 heavy (non-hydrogen) atoms. The molecule has 6 heteroatoms. The number of aromatic carboxylic acids is 1. The van der Waals surface area contributed by atoms with Crippen molar-refractivity contribution in [2.24, 2.45) is 0 Å². The quantitative estimate of drug-likeness (QED) is 0.829. The van der Waals surface area contributed by atoms with E-state index < -0.39 is 5.97 Å². The van der Waals surface area contributed by atoms with Crippen molar-refractivity contribution in [3.8, 4) is 11.6 Å². The van der Waals surface area contributed by atoms with E-state index in [1.807, 2.05) is 12.1 Å². The zero-order valence-electron chi connectivity index (χ0n) is 10.4. The Morgan fingerprint density at radius 1 is 1.25 bits per heavy atom. The number of aliphatic hydroxyl groups excluding tert-OH is 1. The lowest BCUT2D eigenvalue weighted by atomic mass is 10.1. The Kier molecular flexibility index (Phi) is 4.55. The van der Waals surface area contributed by atoms with Gasteiger partial charge in [0.15, 0.2) is 0 Å². The van der Waals surface area contributed by atoms with Crippen molar-refractivity contribution in [1.82, 2.24) is 4.98 Å². The minimum absolute atomic E-state index is 0.0110. The summed E-state index contributed by atoms with van der Waals surface area (Å²) in [4.78, 5) is 14.8. The monoisotopic (exact) mass is 293 g/mol. The number of hydrogen-bond donors (Lipinski definition) is 2. The molecule has 2 N–H and O–H groups in total. The average Bonchev–Trinajstić information content (AvgIpc) is 2.40. The number of carbonyl (C=O) groups is 1. The SMILES string of the molecule is O=C(O)c1cc(Cl)nc(Oc2ccc(CCO)cc2)c1. The number of carboxylic acids is 1. The molecule has 0 saturated heterocycles. The zero-order chi connectivity index (χ0) is 14.5. The van der Waals surface area contributed by atoms with Gasteiger partial charge in [-0.1, -0.05) is 23.7 Å². The molecule has 0 aliphatic heterocycles. The van der Waals surface area contributed by atoms with Crippen LogP contribution in [0.15, 0.2) is 36.4 Å². The minimum Gasteiger partial charge on any atom is -0.478 e. The van der Waals surface area contributed by atoms with Crippen LogP contribution in [0.5, 0.6) is 11.6 Å². The van der Waals surface area contributed by atoms with Gasteiger partial charge in [-0.2, -0.15) is 0 Å². The number of nitrogens with zero attached hydrogens (tertiary/aromatic N) is 1. The summed E-state index contributed by atoms with van der Waals surface area (Å²) in [6.45, 7) is 0.0814. The van der Waals surface area contributed by atoms with Crippen molar-refractivity contribution < 1.29 is 19.7 Å². The van der Waals surface area contributed by atoms with Crippen molar-refractivity contribution in [3.63, 3.8) is 0 Å². The lowest BCUT2D eigenvalue weighted by molar-refractivity contribution is 0.0696. The van der Waals surface area contributed by atoms with Gasteiger partial charge in [-0.3, -0.25) is 0 Å². The first-order valence-electron chi connectivity index (χ1n) is 5.87. The molecule has 0 unspecified atom stereocenters. The smallest absolute Gasteiger partial charge is 0.335 e. The fraction of sp³-hybridized carbons (Fsp3) is 0.143. The van der Waals surface area contributed by atoms with E-state index in [2.05, 4.69) is 4.98 Å². The van der Waals surface area contributed by atoms with Gasteiger partial charge in [0.1, 0.15) is 10.9 Å². The fourth-order valence-corrected chi connectivity index (χ4v) is 1.82. The third kappa shape index (κ3) is 3.69. The summed E-state index contributed by atoms with van der Waals surface area (Å²) in [5.41, 5.74) is 0.988. The van der Waals surface area contributed by atoms with Crippen molar-refractivity contribution in [1.29, 1.82) is 0 Å². The van der Waals surface area contributed by atoms with E-state index in [1.165, 1.54) is 12.1 Å². The van der Waals surface area contributed by atoms with E-state index >= 15 is 0 Å². The third-order valence-corrected chi connectivity index (χ3v) is 2.76. The van der Waals surface area contributed by atoms with Gasteiger partial charge in [-0.25, -0.2) is 9.78 Å². The van der Waals surface area contributed by atoms with Gasteiger partial charge >= 0.3 is 5.97 Å². The van der Waals surface area contributed by atoms with E-state index in [9.17, 15) is 4.79 Å². The van der Waals surface area contributed by atoms with Crippen molar-refractivity contribution in [3.05, 3.63) is 52.7 Å². The Bertz CT molecular complexity index is 613. The molecule has 0 saturated carbocycles. The van der Waals surface area contributed by atoms with Crippen LogP contribution in [0.4, 0.5) is 0 Å². The first-order chi connectivity index (χ1) is 9.58. The van der Waals surface area contributed by atoms with Gasteiger partial charge in [-0.15, -0.1) is 0 Å². The molecular weight excluding hydrogens is 282 g/mol. The molecule has 1 aromatic carbocycles. The third-order valence-electron chi connectivity index (χ3n) is 2.56. The Labute approximate surface area is 120 Å². The number of hydrogen-bond acceptors (Lipinski definition) is 4. The Morgan fingerprint density at radius 3 is 2.55 bits per heavy atom. The van der Waals surface area contributed by atoms with Crippen LogP contribution in [0.3, 0.4) is 0 Å². The van der Waals surface area contributed by atoms with Crippen LogP contribution in [-0.4, -0.2) is 27.8 Å². The minimum atomic E-state index is -1.10. The number of carboxylic acid groups (broad SMARTS) is 1. The van der Waals surface area contributed by atoms with Crippen LogP contribution >= 0.6 is 11.6 Å². The second-order valence-corrected chi connectivity index (χ2v) is 4.43. The predicted octanol–water partition coefficient (Wildman–Crippen LogP) is 2.76. The topological polar surface area (TPSA) is 79.7 Å². The molecule has 5 nitrogen and oxygen atoms in total. The zero-order valence-corrected chi connectivity index (χ0v) is 11.2. The number of pyridine rings is 1. The molecule has 2 rings (SSSR count). The molecule has 104 valence electrons. The van der Waals surface area contributed by atoms with E-state index in [0.717, 1.165) is 5.56 Å². The average molecular weight is 294 g/mol. The second kappa shape index (κ2) is 6.36. The summed E-state index contributed by atoms with van der Waals surface area (Å²) in [7, 11) is 0. The number of aliphatic hydroxyl groups is 1. The largest absolute Gasteiger partial charge is 0.478 e. The normalized spacial score (nSPS) is 10.3. The molecule has 0 fully saturated rings. The lowest BCUT2D eigenvalue weighted by Crippen LogP contribution is -1.98. The fourth-order valence-electron chi connectivity index (χ4n) is 1.62. The molecule has 0 aliphatic carbocycles. The summed E-state index contributed by atoms with van der Waals surface area (Å²) >= 11 is 5.74. The number of benzene rings is 1. The molecule has 1 aromatic heterocycles. The Balaban J connectivity index is 2.19. The summed E-state index contributed by atoms with van der Waals surface area (Å²) in [6.07, 6.45) is 0.568. The highest BCUT2D eigenvalue weighted by atomic mass is 35.5. The molecular formula is C14H12ClNO4. The van der Waals surface area contributed by atoms with Gasteiger partial charge in [0.05, 0.1) is 5.56 Å². The standard InChI is InChI=1S/C14H12ClNO4/c15-12-7-10(14(18)19)8-13(16-12)20-11-3-1-9(2-4-11)5-6-17/h1-4,7-8,17H,5-6H2,(H,18,19). The summed E-state index contributed by atoms with van der Waals surface area (Å²) in [5, 5.41) is 17.8. The molecule has 0 spiro atoms. The highest BCUT2D eigenvalue weighted by molar-refractivity contribution is 6.29. The van der Waals surface area contributed by atoms with E-state index in [0.29, 0.717) is 12.2 Å². The number of halogens is 1. The summed E-state index contributed by atoms with van der Waals surface area (Å²) < 4.78 is 5.46. The molecule has 1 heterocycles. The van der Waals surface area contributed by atoms with Gasteiger partial charge < -0.3 is 14.9 Å². The maximum atomic E-state index is 10.9. The van der Waals surface area contributed by atoms with Crippen LogP contribution < -0.4 is 4.74 Å². The lowest BCUT2D eigenvalue weighted by Gasteiger charge is -2.07. The van der Waals surface area contributed by atoms with Crippen LogP contribution in [-0.2, 0) is 6.42 Å². The van der Waals surface area contributed by atoms with Crippen LogP contribution in [0.2, 0.25) is 5.15 Å². The first-order valence-corrected chi connectivity index (χ1v) is 6.25.